The van der Waals surface area contributed by atoms with Gasteiger partial charge in [-0.3, -0.25) is 0 Å². The quantitative estimate of drug-likeness (QED) is 0.423. The van der Waals surface area contributed by atoms with Gasteiger partial charge in [0.25, 0.3) is 0 Å². The molecule has 2 rings (SSSR count). The van der Waals surface area contributed by atoms with Crippen LogP contribution in [0.3, 0.4) is 0 Å². The highest BCUT2D eigenvalue weighted by molar-refractivity contribution is 6.38. The van der Waals surface area contributed by atoms with Crippen molar-refractivity contribution in [3.8, 4) is 0 Å². The van der Waals surface area contributed by atoms with Gasteiger partial charge < -0.3 is 4.40 Å². The second kappa shape index (κ2) is 2.16. The molecule has 2 aromatic rings. The largest absolute Gasteiger partial charge is 0.315 e. The molecule has 0 spiro atoms. The predicted octanol–water partition coefficient (Wildman–Crippen LogP) is -1.08. The molecule has 2 aromatic heterocycles. The van der Waals surface area contributed by atoms with Crippen LogP contribution in [0.25, 0.3) is 5.65 Å². The first-order valence-electron chi connectivity index (χ1n) is 3.26. The van der Waals surface area contributed by atoms with Crippen molar-refractivity contribution in [1.82, 2.24) is 9.38 Å². The lowest BCUT2D eigenvalue weighted by molar-refractivity contribution is 1.25. The van der Waals surface area contributed by atoms with E-state index >= 15 is 0 Å². The SMILES string of the molecule is [B]c1ccc([B])n2ccnc12. The van der Waals surface area contributed by atoms with Crippen molar-refractivity contribution < 1.29 is 0 Å². The molecule has 0 N–H and O–H groups in total. The molecule has 0 fully saturated rings. The molecule has 11 heavy (non-hydrogen) atoms. The van der Waals surface area contributed by atoms with Crippen LogP contribution in [0.5, 0.6) is 0 Å². The Bertz CT molecular complexity index is 358. The van der Waals surface area contributed by atoms with E-state index in [-0.39, 0.29) is 0 Å². The Morgan fingerprint density at radius 3 is 2.82 bits per heavy atom. The third-order valence-electron chi connectivity index (χ3n) is 1.61. The standard InChI is InChI=1S/C7H4B2N2/c8-5-1-2-6(9)11-4-3-10-7(5)11/h1-4H. The monoisotopic (exact) mass is 138 g/mol. The summed E-state index contributed by atoms with van der Waals surface area (Å²) in [7, 11) is 11.3. The molecule has 0 aromatic carbocycles. The van der Waals surface area contributed by atoms with Gasteiger partial charge in [-0.25, -0.2) is 4.98 Å². The Morgan fingerprint density at radius 1 is 1.27 bits per heavy atom. The van der Waals surface area contributed by atoms with Gasteiger partial charge in [0.1, 0.15) is 21.3 Å². The highest BCUT2D eigenvalue weighted by Gasteiger charge is 1.97. The number of hydrogen-bond donors (Lipinski definition) is 0. The van der Waals surface area contributed by atoms with E-state index in [4.69, 9.17) is 15.7 Å². The van der Waals surface area contributed by atoms with Gasteiger partial charge in [0.15, 0.2) is 0 Å². The molecule has 0 saturated carbocycles. The minimum absolute atomic E-state index is 0.643. The van der Waals surface area contributed by atoms with Crippen LogP contribution in [-0.2, 0) is 0 Å². The summed E-state index contributed by atoms with van der Waals surface area (Å²) >= 11 is 0. The molecule has 48 valence electrons. The molecule has 2 heterocycles. The fourth-order valence-electron chi connectivity index (χ4n) is 1.06. The van der Waals surface area contributed by atoms with Gasteiger partial charge in [-0.1, -0.05) is 17.6 Å². The number of pyridine rings is 1. The van der Waals surface area contributed by atoms with Crippen LogP contribution < -0.4 is 11.1 Å². The van der Waals surface area contributed by atoms with Gasteiger partial charge in [-0.15, -0.1) is 0 Å². The zero-order chi connectivity index (χ0) is 7.84. The number of nitrogens with zero attached hydrogens (tertiary/aromatic N) is 2. The molecule has 0 aliphatic carbocycles. The molecule has 0 aliphatic rings. The fraction of sp³-hybridized carbons (Fsp3) is 0. The summed E-state index contributed by atoms with van der Waals surface area (Å²) in [6.45, 7) is 0. The summed E-state index contributed by atoms with van der Waals surface area (Å²) in [6, 6.07) is 3.50. The van der Waals surface area contributed by atoms with Gasteiger partial charge in [-0.2, -0.15) is 0 Å². The minimum atomic E-state index is 0.643. The first-order valence-corrected chi connectivity index (χ1v) is 3.26. The maximum absolute atomic E-state index is 5.64. The average Bonchev–Trinajstić information content (AvgIpc) is 2.45. The van der Waals surface area contributed by atoms with Crippen molar-refractivity contribution in [3.05, 3.63) is 24.5 Å². The lowest BCUT2D eigenvalue weighted by Crippen LogP contribution is -2.19. The molecule has 0 atom stereocenters. The zero-order valence-electron chi connectivity index (χ0n) is 5.86. The molecular weight excluding hydrogens is 134 g/mol. The van der Waals surface area contributed by atoms with E-state index in [1.54, 1.807) is 28.9 Å². The molecule has 4 radical (unpaired) electrons. The van der Waals surface area contributed by atoms with E-state index in [0.717, 1.165) is 0 Å². The van der Waals surface area contributed by atoms with E-state index in [1.807, 2.05) is 0 Å². The van der Waals surface area contributed by atoms with E-state index in [1.165, 1.54) is 0 Å². The average molecular weight is 138 g/mol. The van der Waals surface area contributed by atoms with Crippen molar-refractivity contribution >= 4 is 32.4 Å². The number of fused-ring (bicyclic) bond motifs is 1. The highest BCUT2D eigenvalue weighted by atomic mass is 15.0. The van der Waals surface area contributed by atoms with Crippen LogP contribution in [0, 0.1) is 0 Å². The number of imidazole rings is 1. The summed E-state index contributed by atoms with van der Waals surface area (Å²) in [5, 5.41) is 0. The predicted molar refractivity (Wildman–Crippen MR) is 46.0 cm³/mol. The molecule has 0 aliphatic heterocycles. The fourth-order valence-corrected chi connectivity index (χ4v) is 1.06. The summed E-state index contributed by atoms with van der Waals surface area (Å²) in [4.78, 5) is 4.04. The Morgan fingerprint density at radius 2 is 2.09 bits per heavy atom. The molecule has 0 unspecified atom stereocenters. The number of rotatable bonds is 0. The van der Waals surface area contributed by atoms with E-state index in [9.17, 15) is 0 Å². The first-order chi connectivity index (χ1) is 5.29. The second-order valence-electron chi connectivity index (χ2n) is 2.33. The summed E-state index contributed by atoms with van der Waals surface area (Å²) in [6.07, 6.45) is 3.45. The van der Waals surface area contributed by atoms with Crippen molar-refractivity contribution in [2.45, 2.75) is 0 Å². The lowest BCUT2D eigenvalue weighted by atomic mass is 9.94. The van der Waals surface area contributed by atoms with Crippen LogP contribution in [0.4, 0.5) is 0 Å². The Balaban J connectivity index is 2.96. The van der Waals surface area contributed by atoms with Crippen molar-refractivity contribution in [2.75, 3.05) is 0 Å². The number of hydrogen-bond acceptors (Lipinski definition) is 1. The number of aromatic nitrogens is 2. The van der Waals surface area contributed by atoms with Gasteiger partial charge in [-0.05, 0) is 5.59 Å². The lowest BCUT2D eigenvalue weighted by Gasteiger charge is -2.01. The molecular formula is C7H4B2N2. The topological polar surface area (TPSA) is 17.3 Å². The molecule has 0 amide bonds. The van der Waals surface area contributed by atoms with Gasteiger partial charge in [0, 0.05) is 12.4 Å². The van der Waals surface area contributed by atoms with Crippen molar-refractivity contribution in [2.24, 2.45) is 0 Å². The van der Waals surface area contributed by atoms with Gasteiger partial charge in [0.2, 0.25) is 0 Å². The van der Waals surface area contributed by atoms with Gasteiger partial charge in [0.05, 0.1) is 0 Å². The Labute approximate surface area is 67.1 Å². The molecule has 0 saturated heterocycles. The maximum atomic E-state index is 5.64. The van der Waals surface area contributed by atoms with Crippen LogP contribution in [0.15, 0.2) is 24.5 Å². The van der Waals surface area contributed by atoms with Crippen LogP contribution in [-0.4, -0.2) is 25.1 Å². The second-order valence-corrected chi connectivity index (χ2v) is 2.33. The first kappa shape index (κ1) is 6.53. The van der Waals surface area contributed by atoms with Crippen LogP contribution in [0.1, 0.15) is 0 Å². The maximum Gasteiger partial charge on any atom is 0.139 e. The summed E-state index contributed by atoms with van der Waals surface area (Å²) in [5.41, 5.74) is 2.00. The molecule has 4 heteroatoms. The van der Waals surface area contributed by atoms with E-state index in [2.05, 4.69) is 4.98 Å². The van der Waals surface area contributed by atoms with Crippen LogP contribution in [0.2, 0.25) is 0 Å². The summed E-state index contributed by atoms with van der Waals surface area (Å²) in [5.74, 6) is 0. The summed E-state index contributed by atoms with van der Waals surface area (Å²) < 4.78 is 1.75. The normalized spacial score (nSPS) is 10.5. The third kappa shape index (κ3) is 0.862. The van der Waals surface area contributed by atoms with Crippen molar-refractivity contribution in [3.63, 3.8) is 0 Å². The third-order valence-corrected chi connectivity index (χ3v) is 1.61. The smallest absolute Gasteiger partial charge is 0.139 e. The minimum Gasteiger partial charge on any atom is -0.315 e. The van der Waals surface area contributed by atoms with Crippen molar-refractivity contribution in [1.29, 1.82) is 0 Å². The van der Waals surface area contributed by atoms with E-state index < -0.39 is 0 Å². The highest BCUT2D eigenvalue weighted by Crippen LogP contribution is 1.91. The molecule has 2 nitrogen and oxygen atoms in total. The van der Waals surface area contributed by atoms with Crippen LogP contribution >= 0.6 is 0 Å². The zero-order valence-corrected chi connectivity index (χ0v) is 5.86. The van der Waals surface area contributed by atoms with E-state index in [0.29, 0.717) is 16.7 Å². The Kier molecular flexibility index (Phi) is 1.28. The molecule has 0 bridgehead atoms. The van der Waals surface area contributed by atoms with Gasteiger partial charge >= 0.3 is 0 Å². The Hall–Kier alpha value is -1.18.